The molecule has 0 saturated heterocycles. The normalized spacial score (nSPS) is 11.1. The van der Waals surface area contributed by atoms with Crippen molar-refractivity contribution in [3.63, 3.8) is 0 Å². The molecule has 0 radical (unpaired) electrons. The number of ether oxygens (including phenoxy) is 2. The van der Waals surface area contributed by atoms with Gasteiger partial charge in [-0.1, -0.05) is 43.7 Å². The fourth-order valence-electron chi connectivity index (χ4n) is 3.68. The summed E-state index contributed by atoms with van der Waals surface area (Å²) in [6.07, 6.45) is 0. The first kappa shape index (κ1) is 28.4. The topological polar surface area (TPSA) is 119 Å². The van der Waals surface area contributed by atoms with Gasteiger partial charge in [0.15, 0.2) is 0 Å². The van der Waals surface area contributed by atoms with Crippen LogP contribution in [0.15, 0.2) is 71.6 Å². The lowest BCUT2D eigenvalue weighted by atomic mass is 10.0. The van der Waals surface area contributed by atoms with Crippen LogP contribution in [0.1, 0.15) is 51.6 Å². The molecule has 0 spiro atoms. The number of carbonyl (C=O) groups is 3. The van der Waals surface area contributed by atoms with E-state index in [0.29, 0.717) is 5.69 Å². The first-order chi connectivity index (χ1) is 18.0. The van der Waals surface area contributed by atoms with E-state index < -0.39 is 34.4 Å². The molecule has 200 valence electrons. The average molecular weight is 539 g/mol. The lowest BCUT2D eigenvalue weighted by Crippen LogP contribution is -2.38. The van der Waals surface area contributed by atoms with Gasteiger partial charge >= 0.3 is 11.9 Å². The van der Waals surface area contributed by atoms with Gasteiger partial charge < -0.3 is 14.8 Å². The van der Waals surface area contributed by atoms with Crippen LogP contribution in [0.25, 0.3) is 0 Å². The molecule has 0 saturated carbocycles. The smallest absolute Gasteiger partial charge is 0.337 e. The average Bonchev–Trinajstić information content (AvgIpc) is 2.90. The Balaban J connectivity index is 1.99. The SMILES string of the molecule is COC(=O)c1cc(NC(=O)CN(c2ccc(C(C)C)cc2)S(=O)(=O)c2ccc(C)cc2)cc(C(=O)OC)c1. The number of rotatable bonds is 9. The van der Waals surface area contributed by atoms with Crippen molar-refractivity contribution in [3.05, 3.63) is 89.0 Å². The Hall–Kier alpha value is -4.18. The molecule has 3 aromatic rings. The first-order valence-electron chi connectivity index (χ1n) is 11.8. The summed E-state index contributed by atoms with van der Waals surface area (Å²) < 4.78 is 37.7. The number of methoxy groups -OCH3 is 2. The van der Waals surface area contributed by atoms with Crippen LogP contribution in [0.5, 0.6) is 0 Å². The molecular weight excluding hydrogens is 508 g/mol. The minimum Gasteiger partial charge on any atom is -0.465 e. The summed E-state index contributed by atoms with van der Waals surface area (Å²) in [6, 6.07) is 17.2. The van der Waals surface area contributed by atoms with Crippen molar-refractivity contribution in [2.75, 3.05) is 30.4 Å². The molecule has 0 atom stereocenters. The van der Waals surface area contributed by atoms with Gasteiger partial charge in [-0.15, -0.1) is 0 Å². The molecule has 38 heavy (non-hydrogen) atoms. The third kappa shape index (κ3) is 6.57. The molecule has 0 aliphatic heterocycles. The maximum absolute atomic E-state index is 13.6. The highest BCUT2D eigenvalue weighted by Crippen LogP contribution is 2.26. The second-order valence-corrected chi connectivity index (χ2v) is 10.8. The molecule has 3 aromatic carbocycles. The summed E-state index contributed by atoms with van der Waals surface area (Å²) in [7, 11) is -1.75. The van der Waals surface area contributed by atoms with Gasteiger partial charge in [0.2, 0.25) is 5.91 Å². The molecule has 0 fully saturated rings. The number of anilines is 2. The van der Waals surface area contributed by atoms with E-state index in [1.165, 1.54) is 44.6 Å². The van der Waals surface area contributed by atoms with Crippen molar-refractivity contribution in [1.29, 1.82) is 0 Å². The van der Waals surface area contributed by atoms with Gasteiger partial charge in [0.1, 0.15) is 6.54 Å². The molecule has 1 N–H and O–H groups in total. The summed E-state index contributed by atoms with van der Waals surface area (Å²) in [5, 5.41) is 2.58. The van der Waals surface area contributed by atoms with Gasteiger partial charge in [-0.3, -0.25) is 9.10 Å². The second-order valence-electron chi connectivity index (χ2n) is 8.90. The van der Waals surface area contributed by atoms with Crippen LogP contribution >= 0.6 is 0 Å². The lowest BCUT2D eigenvalue weighted by molar-refractivity contribution is -0.114. The molecule has 1 amide bonds. The van der Waals surface area contributed by atoms with Gasteiger partial charge in [0, 0.05) is 5.69 Å². The molecule has 3 rings (SSSR count). The maximum Gasteiger partial charge on any atom is 0.337 e. The van der Waals surface area contributed by atoms with E-state index in [1.807, 2.05) is 32.9 Å². The minimum absolute atomic E-state index is 0.0131. The third-order valence-electron chi connectivity index (χ3n) is 5.80. The molecule has 0 unspecified atom stereocenters. The number of sulfonamides is 1. The fraction of sp³-hybridized carbons (Fsp3) is 0.250. The third-order valence-corrected chi connectivity index (χ3v) is 7.59. The fourth-order valence-corrected chi connectivity index (χ4v) is 5.10. The monoisotopic (exact) mass is 538 g/mol. The standard InChI is InChI=1S/C28H30N2O7S/c1-18(2)20-8-10-24(11-9-20)30(38(34,35)25-12-6-19(3)7-13-25)17-26(31)29-23-15-21(27(32)36-4)14-22(16-23)28(33)37-5/h6-16,18H,17H2,1-5H3,(H,29,31). The highest BCUT2D eigenvalue weighted by Gasteiger charge is 2.27. The Bertz CT molecular complexity index is 1400. The van der Waals surface area contributed by atoms with Gasteiger partial charge in [-0.05, 0) is 60.9 Å². The largest absolute Gasteiger partial charge is 0.465 e. The molecule has 0 aliphatic carbocycles. The van der Waals surface area contributed by atoms with Crippen molar-refractivity contribution in [1.82, 2.24) is 0 Å². The quantitative estimate of drug-likeness (QED) is 0.398. The zero-order valence-corrected chi connectivity index (χ0v) is 22.7. The molecule has 0 heterocycles. The first-order valence-corrected chi connectivity index (χ1v) is 13.2. The number of amides is 1. The highest BCUT2D eigenvalue weighted by molar-refractivity contribution is 7.92. The van der Waals surface area contributed by atoms with E-state index in [4.69, 9.17) is 9.47 Å². The Morgan fingerprint density at radius 1 is 0.842 bits per heavy atom. The van der Waals surface area contributed by atoms with Crippen molar-refractivity contribution >= 4 is 39.2 Å². The summed E-state index contributed by atoms with van der Waals surface area (Å²) in [5.74, 6) is -1.90. The second kappa shape index (κ2) is 11.9. The Morgan fingerprint density at radius 3 is 1.84 bits per heavy atom. The maximum atomic E-state index is 13.6. The number of benzene rings is 3. The van der Waals surface area contributed by atoms with Gasteiger partial charge in [-0.2, -0.15) is 0 Å². The molecular formula is C28H30N2O7S. The zero-order valence-electron chi connectivity index (χ0n) is 21.8. The summed E-state index contributed by atoms with van der Waals surface area (Å²) in [6.45, 7) is 5.33. The van der Waals surface area contributed by atoms with Crippen LogP contribution in [-0.2, 0) is 24.3 Å². The van der Waals surface area contributed by atoms with E-state index in [2.05, 4.69) is 5.32 Å². The number of nitrogens with one attached hydrogen (secondary N) is 1. The van der Waals surface area contributed by atoms with Crippen LogP contribution < -0.4 is 9.62 Å². The van der Waals surface area contributed by atoms with E-state index in [1.54, 1.807) is 24.3 Å². The van der Waals surface area contributed by atoms with Gasteiger partial charge in [0.05, 0.1) is 35.9 Å². The van der Waals surface area contributed by atoms with E-state index >= 15 is 0 Å². The molecule has 9 nitrogen and oxygen atoms in total. The molecule has 0 aliphatic rings. The van der Waals surface area contributed by atoms with Crippen molar-refractivity contribution in [2.45, 2.75) is 31.6 Å². The lowest BCUT2D eigenvalue weighted by Gasteiger charge is -2.24. The molecule has 10 heteroatoms. The highest BCUT2D eigenvalue weighted by atomic mass is 32.2. The summed E-state index contributed by atoms with van der Waals surface area (Å²) >= 11 is 0. The number of hydrogen-bond donors (Lipinski definition) is 1. The molecule has 0 aromatic heterocycles. The van der Waals surface area contributed by atoms with Crippen molar-refractivity contribution in [2.24, 2.45) is 0 Å². The summed E-state index contributed by atoms with van der Waals surface area (Å²) in [5.41, 5.74) is 2.34. The predicted molar refractivity (Wildman–Crippen MR) is 144 cm³/mol. The van der Waals surface area contributed by atoms with Crippen LogP contribution in [0.2, 0.25) is 0 Å². The minimum atomic E-state index is -4.12. The summed E-state index contributed by atoms with van der Waals surface area (Å²) in [4.78, 5) is 37.4. The Labute approximate surface area is 222 Å². The number of carbonyl (C=O) groups excluding carboxylic acids is 3. The Morgan fingerprint density at radius 2 is 1.37 bits per heavy atom. The van der Waals surface area contributed by atoms with Crippen LogP contribution in [0, 0.1) is 6.92 Å². The Kier molecular flexibility index (Phi) is 8.90. The van der Waals surface area contributed by atoms with Crippen molar-refractivity contribution in [3.8, 4) is 0 Å². The van der Waals surface area contributed by atoms with E-state index in [0.717, 1.165) is 15.4 Å². The van der Waals surface area contributed by atoms with Crippen LogP contribution in [-0.4, -0.2) is 47.0 Å². The number of hydrogen-bond acceptors (Lipinski definition) is 7. The molecule has 0 bridgehead atoms. The number of nitrogens with zero attached hydrogens (tertiary/aromatic N) is 1. The van der Waals surface area contributed by atoms with Gasteiger partial charge in [-0.25, -0.2) is 18.0 Å². The van der Waals surface area contributed by atoms with Crippen LogP contribution in [0.3, 0.4) is 0 Å². The number of aryl methyl sites for hydroxylation is 1. The van der Waals surface area contributed by atoms with Crippen LogP contribution in [0.4, 0.5) is 11.4 Å². The van der Waals surface area contributed by atoms with Gasteiger partial charge in [0.25, 0.3) is 10.0 Å². The van der Waals surface area contributed by atoms with Crippen molar-refractivity contribution < 1.29 is 32.3 Å². The zero-order chi connectivity index (χ0) is 28.0. The predicted octanol–water partition coefficient (Wildman–Crippen LogP) is 4.53. The van der Waals surface area contributed by atoms with E-state index in [-0.39, 0.29) is 27.6 Å². The number of esters is 2. The van der Waals surface area contributed by atoms with E-state index in [9.17, 15) is 22.8 Å².